The topological polar surface area (TPSA) is 46.6 Å². The lowest BCUT2D eigenvalue weighted by molar-refractivity contribution is 0.0652. The van der Waals surface area contributed by atoms with Gasteiger partial charge in [0.15, 0.2) is 0 Å². The standard InChI is InChI=1S/C20H21NO3/c1-2-24-16-12-10-15(11-13-16)7-5-6-14-21-19(22)17-8-3-4-9-18(17)20(21)23/h3-4,8-13H,2,5-7,14H2,1H3. The summed E-state index contributed by atoms with van der Waals surface area (Å²) in [5.41, 5.74) is 2.28. The molecule has 4 heteroatoms. The largest absolute Gasteiger partial charge is 0.494 e. The van der Waals surface area contributed by atoms with E-state index < -0.39 is 0 Å². The summed E-state index contributed by atoms with van der Waals surface area (Å²) in [6.45, 7) is 3.11. The predicted molar refractivity (Wildman–Crippen MR) is 92.4 cm³/mol. The summed E-state index contributed by atoms with van der Waals surface area (Å²) in [6, 6.07) is 15.1. The molecule has 124 valence electrons. The van der Waals surface area contributed by atoms with Crippen LogP contribution in [0.25, 0.3) is 0 Å². The van der Waals surface area contributed by atoms with Gasteiger partial charge in [0.2, 0.25) is 0 Å². The van der Waals surface area contributed by atoms with Gasteiger partial charge < -0.3 is 4.74 Å². The number of hydrogen-bond donors (Lipinski definition) is 0. The fourth-order valence-corrected chi connectivity index (χ4v) is 2.96. The third kappa shape index (κ3) is 3.32. The lowest BCUT2D eigenvalue weighted by Crippen LogP contribution is -2.30. The maximum absolute atomic E-state index is 12.3. The molecule has 0 N–H and O–H groups in total. The SMILES string of the molecule is CCOc1ccc(CCCCN2C(=O)c3ccccc3C2=O)cc1. The molecule has 2 amide bonds. The number of aryl methyl sites for hydroxylation is 1. The minimum absolute atomic E-state index is 0.170. The van der Waals surface area contributed by atoms with Crippen molar-refractivity contribution in [1.82, 2.24) is 4.90 Å². The van der Waals surface area contributed by atoms with E-state index >= 15 is 0 Å². The molecule has 0 spiro atoms. The van der Waals surface area contributed by atoms with Gasteiger partial charge in [0.25, 0.3) is 11.8 Å². The van der Waals surface area contributed by atoms with Crippen LogP contribution < -0.4 is 4.74 Å². The Morgan fingerprint density at radius 1 is 0.875 bits per heavy atom. The Morgan fingerprint density at radius 2 is 1.50 bits per heavy atom. The van der Waals surface area contributed by atoms with Crippen LogP contribution in [0.3, 0.4) is 0 Å². The third-order valence-corrected chi connectivity index (χ3v) is 4.21. The number of imide groups is 1. The second-order valence-corrected chi connectivity index (χ2v) is 5.84. The fraction of sp³-hybridized carbons (Fsp3) is 0.300. The number of ether oxygens (including phenoxy) is 1. The Kier molecular flexibility index (Phi) is 4.94. The zero-order valence-electron chi connectivity index (χ0n) is 13.8. The highest BCUT2D eigenvalue weighted by atomic mass is 16.5. The molecule has 0 fully saturated rings. The van der Waals surface area contributed by atoms with E-state index in [4.69, 9.17) is 4.74 Å². The minimum Gasteiger partial charge on any atom is -0.494 e. The van der Waals surface area contributed by atoms with Crippen molar-refractivity contribution >= 4 is 11.8 Å². The lowest BCUT2D eigenvalue weighted by atomic mass is 10.1. The number of nitrogens with zero attached hydrogens (tertiary/aromatic N) is 1. The van der Waals surface area contributed by atoms with Crippen molar-refractivity contribution in [2.75, 3.05) is 13.2 Å². The fourth-order valence-electron chi connectivity index (χ4n) is 2.96. The van der Waals surface area contributed by atoms with Gasteiger partial charge in [-0.25, -0.2) is 0 Å². The van der Waals surface area contributed by atoms with Gasteiger partial charge in [-0.2, -0.15) is 0 Å². The van der Waals surface area contributed by atoms with E-state index in [-0.39, 0.29) is 11.8 Å². The van der Waals surface area contributed by atoms with Crippen molar-refractivity contribution in [3.63, 3.8) is 0 Å². The Bertz CT molecular complexity index is 702. The first-order valence-electron chi connectivity index (χ1n) is 8.37. The maximum atomic E-state index is 12.3. The van der Waals surface area contributed by atoms with Gasteiger partial charge in [-0.1, -0.05) is 24.3 Å². The third-order valence-electron chi connectivity index (χ3n) is 4.21. The number of carbonyl (C=O) groups is 2. The number of fused-ring (bicyclic) bond motifs is 1. The molecule has 0 radical (unpaired) electrons. The summed E-state index contributed by atoms with van der Waals surface area (Å²) in [7, 11) is 0. The van der Waals surface area contributed by atoms with E-state index in [1.165, 1.54) is 10.5 Å². The van der Waals surface area contributed by atoms with Crippen LogP contribution in [0.2, 0.25) is 0 Å². The van der Waals surface area contributed by atoms with Crippen molar-refractivity contribution in [1.29, 1.82) is 0 Å². The average Bonchev–Trinajstić information content (AvgIpc) is 2.85. The molecular formula is C20H21NO3. The molecule has 0 aromatic heterocycles. The van der Waals surface area contributed by atoms with Crippen LogP contribution in [0.1, 0.15) is 46.0 Å². The molecule has 3 rings (SSSR count). The van der Waals surface area contributed by atoms with E-state index in [0.717, 1.165) is 25.0 Å². The van der Waals surface area contributed by atoms with Crippen LogP contribution in [0.4, 0.5) is 0 Å². The first kappa shape index (κ1) is 16.2. The smallest absolute Gasteiger partial charge is 0.261 e. The number of benzene rings is 2. The number of hydrogen-bond acceptors (Lipinski definition) is 3. The highest BCUT2D eigenvalue weighted by Gasteiger charge is 2.34. The van der Waals surface area contributed by atoms with Crippen molar-refractivity contribution in [2.24, 2.45) is 0 Å². The van der Waals surface area contributed by atoms with Crippen molar-refractivity contribution in [2.45, 2.75) is 26.2 Å². The molecule has 0 atom stereocenters. The van der Waals surface area contributed by atoms with Gasteiger partial charge in [0.05, 0.1) is 17.7 Å². The van der Waals surface area contributed by atoms with E-state index in [9.17, 15) is 9.59 Å². The summed E-state index contributed by atoms with van der Waals surface area (Å²) in [5, 5.41) is 0. The number of amides is 2. The number of rotatable bonds is 7. The Morgan fingerprint density at radius 3 is 2.08 bits per heavy atom. The van der Waals surface area contributed by atoms with Crippen molar-refractivity contribution in [3.05, 3.63) is 65.2 Å². The Balaban J connectivity index is 1.49. The van der Waals surface area contributed by atoms with E-state index in [1.54, 1.807) is 24.3 Å². The normalized spacial score (nSPS) is 13.3. The second kappa shape index (κ2) is 7.30. The van der Waals surface area contributed by atoms with Crippen LogP contribution in [-0.2, 0) is 6.42 Å². The first-order chi connectivity index (χ1) is 11.7. The van der Waals surface area contributed by atoms with Gasteiger partial charge in [-0.3, -0.25) is 14.5 Å². The summed E-state index contributed by atoms with van der Waals surface area (Å²) in [4.78, 5) is 25.9. The maximum Gasteiger partial charge on any atom is 0.261 e. The highest BCUT2D eigenvalue weighted by molar-refractivity contribution is 6.21. The van der Waals surface area contributed by atoms with Crippen LogP contribution in [0, 0.1) is 0 Å². The Hall–Kier alpha value is -2.62. The summed E-state index contributed by atoms with van der Waals surface area (Å²) in [6.07, 6.45) is 2.66. The van der Waals surface area contributed by atoms with Gasteiger partial charge in [0.1, 0.15) is 5.75 Å². The summed E-state index contributed by atoms with van der Waals surface area (Å²) < 4.78 is 5.43. The molecule has 0 unspecified atom stereocenters. The molecule has 0 saturated heterocycles. The molecule has 4 nitrogen and oxygen atoms in total. The first-order valence-corrected chi connectivity index (χ1v) is 8.37. The molecular weight excluding hydrogens is 302 g/mol. The quantitative estimate of drug-likeness (QED) is 0.576. The molecule has 1 heterocycles. The molecule has 1 aliphatic heterocycles. The number of unbranched alkanes of at least 4 members (excludes halogenated alkanes) is 1. The van der Waals surface area contributed by atoms with E-state index in [0.29, 0.717) is 24.3 Å². The van der Waals surface area contributed by atoms with Crippen LogP contribution in [0.15, 0.2) is 48.5 Å². The number of carbonyl (C=O) groups excluding carboxylic acids is 2. The second-order valence-electron chi connectivity index (χ2n) is 5.84. The summed E-state index contributed by atoms with van der Waals surface area (Å²) >= 11 is 0. The van der Waals surface area contributed by atoms with Crippen LogP contribution in [-0.4, -0.2) is 29.9 Å². The average molecular weight is 323 g/mol. The lowest BCUT2D eigenvalue weighted by Gasteiger charge is -2.13. The van der Waals surface area contributed by atoms with Gasteiger partial charge in [0, 0.05) is 6.54 Å². The van der Waals surface area contributed by atoms with E-state index in [2.05, 4.69) is 12.1 Å². The molecule has 1 aliphatic rings. The van der Waals surface area contributed by atoms with Crippen molar-refractivity contribution < 1.29 is 14.3 Å². The zero-order chi connectivity index (χ0) is 16.9. The monoisotopic (exact) mass is 323 g/mol. The predicted octanol–water partition coefficient (Wildman–Crippen LogP) is 3.70. The van der Waals surface area contributed by atoms with Gasteiger partial charge in [-0.05, 0) is 56.0 Å². The van der Waals surface area contributed by atoms with Crippen molar-refractivity contribution in [3.8, 4) is 5.75 Å². The van der Waals surface area contributed by atoms with Gasteiger partial charge in [-0.15, -0.1) is 0 Å². The molecule has 24 heavy (non-hydrogen) atoms. The molecule has 0 aliphatic carbocycles. The summed E-state index contributed by atoms with van der Waals surface area (Å²) in [5.74, 6) is 0.542. The van der Waals surface area contributed by atoms with Gasteiger partial charge >= 0.3 is 0 Å². The Labute approximate surface area is 142 Å². The van der Waals surface area contributed by atoms with E-state index in [1.807, 2.05) is 19.1 Å². The minimum atomic E-state index is -0.170. The molecule has 0 bridgehead atoms. The molecule has 0 saturated carbocycles. The highest BCUT2D eigenvalue weighted by Crippen LogP contribution is 2.23. The van der Waals surface area contributed by atoms with Crippen LogP contribution in [0.5, 0.6) is 5.75 Å². The molecule has 2 aromatic rings. The zero-order valence-corrected chi connectivity index (χ0v) is 13.8. The molecule has 2 aromatic carbocycles. The van der Waals surface area contributed by atoms with Crippen LogP contribution >= 0.6 is 0 Å².